The molecule has 0 spiro atoms. The normalized spacial score (nSPS) is 11.2. The van der Waals surface area contributed by atoms with Crippen molar-refractivity contribution in [1.29, 1.82) is 0 Å². The molecule has 23 heavy (non-hydrogen) atoms. The molecule has 0 aliphatic rings. The number of hydrogen-bond donors (Lipinski definition) is 1. The Hall–Kier alpha value is -2.36. The van der Waals surface area contributed by atoms with E-state index >= 15 is 0 Å². The molecule has 0 aliphatic carbocycles. The molecule has 4 aromatic rings. The maximum absolute atomic E-state index is 12.9. The van der Waals surface area contributed by atoms with E-state index in [4.69, 9.17) is 23.2 Å². The third-order valence-corrected chi connectivity index (χ3v) is 4.38. The summed E-state index contributed by atoms with van der Waals surface area (Å²) in [6.45, 7) is 0. The van der Waals surface area contributed by atoms with Crippen LogP contribution in [0.15, 0.2) is 54.7 Å². The van der Waals surface area contributed by atoms with E-state index in [0.717, 1.165) is 16.3 Å². The van der Waals surface area contributed by atoms with Gasteiger partial charge in [-0.15, -0.1) is 0 Å². The molecule has 0 amide bonds. The first-order chi connectivity index (χ1) is 11.1. The Kier molecular flexibility index (Phi) is 3.33. The molecule has 2 heterocycles. The fraction of sp³-hybridized carbons (Fsp3) is 0. The molecule has 2 aromatic heterocycles. The molecular formula is C18H10Cl2N2O. The van der Waals surface area contributed by atoms with E-state index in [0.29, 0.717) is 26.8 Å². The molecule has 1 N–H and O–H groups in total. The van der Waals surface area contributed by atoms with Crippen LogP contribution in [0.25, 0.3) is 21.8 Å². The number of carbonyl (C=O) groups excluding carboxylic acids is 1. The minimum absolute atomic E-state index is 0.255. The molecule has 4 rings (SSSR count). The topological polar surface area (TPSA) is 45.8 Å². The Morgan fingerprint density at radius 2 is 1.83 bits per heavy atom. The highest BCUT2D eigenvalue weighted by Gasteiger charge is 2.19. The summed E-state index contributed by atoms with van der Waals surface area (Å²) in [5.41, 5.74) is 2.34. The third-order valence-electron chi connectivity index (χ3n) is 3.82. The minimum atomic E-state index is -0.255. The maximum atomic E-state index is 12.9. The van der Waals surface area contributed by atoms with E-state index < -0.39 is 0 Å². The van der Waals surface area contributed by atoms with Crippen LogP contribution in [0.4, 0.5) is 0 Å². The summed E-state index contributed by atoms with van der Waals surface area (Å²) in [5.74, 6) is -0.255. The summed E-state index contributed by atoms with van der Waals surface area (Å²) in [6, 6.07) is 14.6. The van der Waals surface area contributed by atoms with Gasteiger partial charge in [0.25, 0.3) is 0 Å². The average Bonchev–Trinajstić information content (AvgIpc) is 2.95. The van der Waals surface area contributed by atoms with Gasteiger partial charge in [0, 0.05) is 33.1 Å². The molecule has 112 valence electrons. The first-order valence-electron chi connectivity index (χ1n) is 7.00. The second kappa shape index (κ2) is 5.37. The fourth-order valence-electron chi connectivity index (χ4n) is 2.75. The lowest BCUT2D eigenvalue weighted by Crippen LogP contribution is -2.05. The minimum Gasteiger partial charge on any atom is -0.353 e. The summed E-state index contributed by atoms with van der Waals surface area (Å²) in [6.07, 6.45) is 1.63. The van der Waals surface area contributed by atoms with Gasteiger partial charge in [-0.1, -0.05) is 41.4 Å². The first kappa shape index (κ1) is 14.2. The number of hydrogen-bond acceptors (Lipinski definition) is 2. The van der Waals surface area contributed by atoms with Crippen LogP contribution in [0.5, 0.6) is 0 Å². The molecule has 0 fully saturated rings. The predicted molar refractivity (Wildman–Crippen MR) is 93.5 cm³/mol. The molecule has 0 radical (unpaired) electrons. The number of pyridine rings is 1. The highest BCUT2D eigenvalue weighted by molar-refractivity contribution is 6.37. The number of para-hydroxylation sites is 1. The number of carbonyl (C=O) groups is 1. The first-order valence-corrected chi connectivity index (χ1v) is 7.76. The van der Waals surface area contributed by atoms with Crippen LogP contribution in [0, 0.1) is 0 Å². The van der Waals surface area contributed by atoms with Crippen molar-refractivity contribution in [2.45, 2.75) is 0 Å². The van der Waals surface area contributed by atoms with Gasteiger partial charge >= 0.3 is 0 Å². The molecule has 0 unspecified atom stereocenters. The molecule has 0 aliphatic heterocycles. The zero-order valence-corrected chi connectivity index (χ0v) is 13.3. The Morgan fingerprint density at radius 1 is 1.00 bits per heavy atom. The lowest BCUT2D eigenvalue weighted by atomic mass is 10.1. The Balaban J connectivity index is 1.98. The Labute approximate surface area is 141 Å². The number of benzene rings is 2. The standard InChI is InChI=1S/C18H10Cl2N2O/c19-10-5-6-14(20)13(9-10)18(23)17-16-12(7-8-21-17)11-3-1-2-4-15(11)22-16/h1-9,22H. The fourth-order valence-corrected chi connectivity index (χ4v) is 3.12. The van der Waals surface area contributed by atoms with E-state index in [1.54, 1.807) is 24.4 Å². The van der Waals surface area contributed by atoms with Crippen molar-refractivity contribution < 1.29 is 4.79 Å². The van der Waals surface area contributed by atoms with Crippen molar-refractivity contribution >= 4 is 50.8 Å². The van der Waals surface area contributed by atoms with Gasteiger partial charge in [0.2, 0.25) is 5.78 Å². The Bertz CT molecular complexity index is 1070. The van der Waals surface area contributed by atoms with Gasteiger partial charge in [-0.05, 0) is 30.3 Å². The van der Waals surface area contributed by atoms with Crippen molar-refractivity contribution in [3.8, 4) is 0 Å². The van der Waals surface area contributed by atoms with Gasteiger partial charge in [-0.25, -0.2) is 0 Å². The molecule has 0 saturated heterocycles. The molecule has 2 aromatic carbocycles. The number of halogens is 2. The summed E-state index contributed by atoms with van der Waals surface area (Å²) in [7, 11) is 0. The number of H-pyrrole nitrogens is 1. The summed E-state index contributed by atoms with van der Waals surface area (Å²) in [4.78, 5) is 20.4. The third kappa shape index (κ3) is 2.29. The number of aromatic nitrogens is 2. The second-order valence-corrected chi connectivity index (χ2v) is 6.05. The van der Waals surface area contributed by atoms with Gasteiger partial charge in [0.1, 0.15) is 5.69 Å². The van der Waals surface area contributed by atoms with Crippen LogP contribution in [0.1, 0.15) is 16.1 Å². The number of ketones is 1. The maximum Gasteiger partial charge on any atom is 0.215 e. The van der Waals surface area contributed by atoms with E-state index in [-0.39, 0.29) is 5.78 Å². The lowest BCUT2D eigenvalue weighted by molar-refractivity contribution is 0.103. The van der Waals surface area contributed by atoms with E-state index in [9.17, 15) is 4.79 Å². The van der Waals surface area contributed by atoms with Crippen LogP contribution >= 0.6 is 23.2 Å². The van der Waals surface area contributed by atoms with Crippen molar-refractivity contribution in [1.82, 2.24) is 9.97 Å². The van der Waals surface area contributed by atoms with Crippen molar-refractivity contribution in [3.05, 3.63) is 76.0 Å². The molecule has 5 heteroatoms. The Morgan fingerprint density at radius 3 is 2.70 bits per heavy atom. The number of rotatable bonds is 2. The molecule has 0 atom stereocenters. The molecule has 0 bridgehead atoms. The highest BCUT2D eigenvalue weighted by Crippen LogP contribution is 2.29. The number of nitrogens with zero attached hydrogens (tertiary/aromatic N) is 1. The molecule has 3 nitrogen and oxygen atoms in total. The van der Waals surface area contributed by atoms with Crippen LogP contribution < -0.4 is 0 Å². The largest absolute Gasteiger partial charge is 0.353 e. The van der Waals surface area contributed by atoms with Crippen molar-refractivity contribution in [3.63, 3.8) is 0 Å². The monoisotopic (exact) mass is 340 g/mol. The van der Waals surface area contributed by atoms with Gasteiger partial charge in [-0.3, -0.25) is 9.78 Å². The van der Waals surface area contributed by atoms with Crippen LogP contribution in [-0.4, -0.2) is 15.8 Å². The quantitative estimate of drug-likeness (QED) is 0.506. The predicted octanol–water partition coefficient (Wildman–Crippen LogP) is 5.25. The lowest BCUT2D eigenvalue weighted by Gasteiger charge is -2.05. The van der Waals surface area contributed by atoms with Crippen LogP contribution in [0.3, 0.4) is 0 Å². The van der Waals surface area contributed by atoms with Crippen LogP contribution in [-0.2, 0) is 0 Å². The SMILES string of the molecule is O=C(c1cc(Cl)ccc1Cl)c1nccc2c1[nH]c1ccccc12. The highest BCUT2D eigenvalue weighted by atomic mass is 35.5. The van der Waals surface area contributed by atoms with Gasteiger partial charge in [0.05, 0.1) is 10.5 Å². The van der Waals surface area contributed by atoms with E-state index in [1.807, 2.05) is 30.3 Å². The zero-order valence-electron chi connectivity index (χ0n) is 11.8. The van der Waals surface area contributed by atoms with Gasteiger partial charge < -0.3 is 4.98 Å². The second-order valence-electron chi connectivity index (χ2n) is 5.21. The van der Waals surface area contributed by atoms with E-state index in [1.165, 1.54) is 0 Å². The summed E-state index contributed by atoms with van der Waals surface area (Å²) in [5, 5.41) is 2.82. The van der Waals surface area contributed by atoms with Crippen molar-refractivity contribution in [2.75, 3.05) is 0 Å². The van der Waals surface area contributed by atoms with Gasteiger partial charge in [-0.2, -0.15) is 0 Å². The van der Waals surface area contributed by atoms with Crippen molar-refractivity contribution in [2.24, 2.45) is 0 Å². The number of aromatic amines is 1. The number of fused-ring (bicyclic) bond motifs is 3. The summed E-state index contributed by atoms with van der Waals surface area (Å²) < 4.78 is 0. The van der Waals surface area contributed by atoms with Crippen LogP contribution in [0.2, 0.25) is 10.0 Å². The van der Waals surface area contributed by atoms with E-state index in [2.05, 4.69) is 9.97 Å². The van der Waals surface area contributed by atoms with Gasteiger partial charge in [0.15, 0.2) is 0 Å². The summed E-state index contributed by atoms with van der Waals surface area (Å²) >= 11 is 12.1. The molecular weight excluding hydrogens is 331 g/mol. The zero-order chi connectivity index (χ0) is 16.0. The number of nitrogens with one attached hydrogen (secondary N) is 1. The molecule has 0 saturated carbocycles. The smallest absolute Gasteiger partial charge is 0.215 e. The average molecular weight is 341 g/mol.